The first-order valence-electron chi connectivity index (χ1n) is 5.13. The van der Waals surface area contributed by atoms with Crippen LogP contribution in [0.1, 0.15) is 27.7 Å². The molecule has 15 heavy (non-hydrogen) atoms. The second-order valence-electron chi connectivity index (χ2n) is 4.42. The van der Waals surface area contributed by atoms with Crippen molar-refractivity contribution < 1.29 is 14.3 Å². The average molecular weight is 213 g/mol. The number of nitrogens with one attached hydrogen (secondary N) is 1. The lowest BCUT2D eigenvalue weighted by Gasteiger charge is -2.17. The zero-order chi connectivity index (χ0) is 11.5. The number of allylic oxidation sites excluding steroid dienone is 1. The summed E-state index contributed by atoms with van der Waals surface area (Å²) >= 11 is 0. The smallest absolute Gasteiger partial charge is 0.244 e. The standard InChI is InChI=1S/C11H19NO3/c1-8(2)5-10(13)12-6-9-7-14-11(3,4)15-9/h5,9H,6-7H2,1-4H3,(H,12,13). The predicted molar refractivity (Wildman–Crippen MR) is 57.3 cm³/mol. The number of hydrogen-bond acceptors (Lipinski definition) is 3. The summed E-state index contributed by atoms with van der Waals surface area (Å²) in [4.78, 5) is 11.3. The molecule has 1 amide bonds. The molecule has 1 saturated heterocycles. The SMILES string of the molecule is CC(C)=CC(=O)NCC1COC(C)(C)O1. The fourth-order valence-electron chi connectivity index (χ4n) is 1.39. The van der Waals surface area contributed by atoms with E-state index in [9.17, 15) is 4.79 Å². The quantitative estimate of drug-likeness (QED) is 0.717. The molecule has 0 aromatic carbocycles. The van der Waals surface area contributed by atoms with Crippen LogP contribution in [0.4, 0.5) is 0 Å². The van der Waals surface area contributed by atoms with E-state index < -0.39 is 5.79 Å². The second-order valence-corrected chi connectivity index (χ2v) is 4.42. The minimum absolute atomic E-state index is 0.0467. The third-order valence-electron chi connectivity index (χ3n) is 1.99. The van der Waals surface area contributed by atoms with Crippen molar-refractivity contribution in [3.8, 4) is 0 Å². The van der Waals surface area contributed by atoms with Gasteiger partial charge in [0.25, 0.3) is 0 Å². The summed E-state index contributed by atoms with van der Waals surface area (Å²) in [5, 5.41) is 2.77. The van der Waals surface area contributed by atoms with E-state index in [2.05, 4.69) is 5.32 Å². The molecule has 1 N–H and O–H groups in total. The van der Waals surface area contributed by atoms with E-state index in [0.29, 0.717) is 13.2 Å². The number of hydrogen-bond donors (Lipinski definition) is 1. The number of amides is 1. The lowest BCUT2D eigenvalue weighted by atomic mass is 10.3. The third kappa shape index (κ3) is 4.44. The Bertz CT molecular complexity index is 267. The Morgan fingerprint density at radius 2 is 2.20 bits per heavy atom. The molecule has 1 atom stereocenters. The molecule has 4 nitrogen and oxygen atoms in total. The van der Waals surface area contributed by atoms with Gasteiger partial charge in [-0.05, 0) is 27.7 Å². The highest BCUT2D eigenvalue weighted by Crippen LogP contribution is 2.21. The van der Waals surface area contributed by atoms with Gasteiger partial charge in [-0.3, -0.25) is 4.79 Å². The molecule has 0 aliphatic carbocycles. The maximum atomic E-state index is 11.3. The fraction of sp³-hybridized carbons (Fsp3) is 0.727. The number of carbonyl (C=O) groups excluding carboxylic acids is 1. The maximum absolute atomic E-state index is 11.3. The van der Waals surface area contributed by atoms with Crippen molar-refractivity contribution in [1.82, 2.24) is 5.32 Å². The van der Waals surface area contributed by atoms with Crippen LogP contribution in [0.2, 0.25) is 0 Å². The highest BCUT2D eigenvalue weighted by Gasteiger charge is 2.32. The molecule has 1 heterocycles. The number of ether oxygens (including phenoxy) is 2. The molecule has 0 aromatic rings. The Morgan fingerprint density at radius 1 is 1.53 bits per heavy atom. The summed E-state index contributed by atoms with van der Waals surface area (Å²) in [5.41, 5.74) is 0.983. The molecule has 0 spiro atoms. The molecule has 1 aliphatic rings. The van der Waals surface area contributed by atoms with E-state index in [0.717, 1.165) is 5.57 Å². The summed E-state index contributed by atoms with van der Waals surface area (Å²) in [6.45, 7) is 8.53. The predicted octanol–water partition coefficient (Wildman–Crippen LogP) is 1.22. The summed E-state index contributed by atoms with van der Waals surface area (Å²) in [6, 6.07) is 0. The minimum atomic E-state index is -0.522. The first-order chi connectivity index (χ1) is 6.89. The summed E-state index contributed by atoms with van der Waals surface area (Å²) in [6.07, 6.45) is 1.52. The van der Waals surface area contributed by atoms with Gasteiger partial charge in [0.2, 0.25) is 5.91 Å². The number of carbonyl (C=O) groups is 1. The van der Waals surface area contributed by atoms with Gasteiger partial charge in [0, 0.05) is 12.6 Å². The lowest BCUT2D eigenvalue weighted by Crippen LogP contribution is -2.33. The zero-order valence-corrected chi connectivity index (χ0v) is 9.79. The van der Waals surface area contributed by atoms with E-state index in [1.807, 2.05) is 27.7 Å². The molecule has 4 heteroatoms. The molecule has 1 fully saturated rings. The molecule has 0 radical (unpaired) electrons. The van der Waals surface area contributed by atoms with Crippen LogP contribution >= 0.6 is 0 Å². The molecular weight excluding hydrogens is 194 g/mol. The normalized spacial score (nSPS) is 23.6. The largest absolute Gasteiger partial charge is 0.350 e. The van der Waals surface area contributed by atoms with Crippen molar-refractivity contribution >= 4 is 5.91 Å². The molecule has 0 bridgehead atoms. The average Bonchev–Trinajstić information content (AvgIpc) is 2.41. The van der Waals surface area contributed by atoms with Crippen LogP contribution in [0, 0.1) is 0 Å². The van der Waals surface area contributed by atoms with Gasteiger partial charge in [0.05, 0.1) is 6.61 Å². The first-order valence-corrected chi connectivity index (χ1v) is 5.13. The van der Waals surface area contributed by atoms with Crippen molar-refractivity contribution in [2.75, 3.05) is 13.2 Å². The van der Waals surface area contributed by atoms with Crippen LogP contribution in [0.25, 0.3) is 0 Å². The fourth-order valence-corrected chi connectivity index (χ4v) is 1.39. The van der Waals surface area contributed by atoms with Gasteiger partial charge in [0.1, 0.15) is 6.10 Å². The van der Waals surface area contributed by atoms with Crippen molar-refractivity contribution in [2.24, 2.45) is 0 Å². The molecule has 0 aromatic heterocycles. The molecule has 1 unspecified atom stereocenters. The van der Waals surface area contributed by atoms with Crippen LogP contribution in [0.5, 0.6) is 0 Å². The summed E-state index contributed by atoms with van der Waals surface area (Å²) < 4.78 is 10.9. The van der Waals surface area contributed by atoms with Gasteiger partial charge >= 0.3 is 0 Å². The topological polar surface area (TPSA) is 47.6 Å². The Labute approximate surface area is 90.6 Å². The lowest BCUT2D eigenvalue weighted by molar-refractivity contribution is -0.139. The van der Waals surface area contributed by atoms with E-state index in [4.69, 9.17) is 9.47 Å². The third-order valence-corrected chi connectivity index (χ3v) is 1.99. The minimum Gasteiger partial charge on any atom is -0.350 e. The van der Waals surface area contributed by atoms with Crippen LogP contribution < -0.4 is 5.32 Å². The van der Waals surface area contributed by atoms with Crippen molar-refractivity contribution in [3.63, 3.8) is 0 Å². The van der Waals surface area contributed by atoms with Gasteiger partial charge in [-0.1, -0.05) is 5.57 Å². The maximum Gasteiger partial charge on any atom is 0.244 e. The summed E-state index contributed by atoms with van der Waals surface area (Å²) in [7, 11) is 0. The van der Waals surface area contributed by atoms with Crippen molar-refractivity contribution in [1.29, 1.82) is 0 Å². The monoisotopic (exact) mass is 213 g/mol. The molecule has 86 valence electrons. The molecular formula is C11H19NO3. The van der Waals surface area contributed by atoms with Gasteiger partial charge in [-0.15, -0.1) is 0 Å². The van der Waals surface area contributed by atoms with Crippen LogP contribution in [-0.4, -0.2) is 30.9 Å². The van der Waals surface area contributed by atoms with E-state index in [-0.39, 0.29) is 12.0 Å². The highest BCUT2D eigenvalue weighted by molar-refractivity contribution is 5.88. The molecule has 1 rings (SSSR count). The van der Waals surface area contributed by atoms with Crippen LogP contribution in [0.15, 0.2) is 11.6 Å². The van der Waals surface area contributed by atoms with Gasteiger partial charge in [-0.25, -0.2) is 0 Å². The Kier molecular flexibility index (Phi) is 3.88. The van der Waals surface area contributed by atoms with Gasteiger partial charge < -0.3 is 14.8 Å². The summed E-state index contributed by atoms with van der Waals surface area (Å²) in [5.74, 6) is -0.602. The van der Waals surface area contributed by atoms with Gasteiger partial charge in [0.15, 0.2) is 5.79 Å². The van der Waals surface area contributed by atoms with Crippen LogP contribution in [0.3, 0.4) is 0 Å². The Balaban J connectivity index is 2.27. The Hall–Kier alpha value is -0.870. The van der Waals surface area contributed by atoms with E-state index >= 15 is 0 Å². The highest BCUT2D eigenvalue weighted by atomic mass is 16.7. The molecule has 0 saturated carbocycles. The number of rotatable bonds is 3. The van der Waals surface area contributed by atoms with Gasteiger partial charge in [-0.2, -0.15) is 0 Å². The van der Waals surface area contributed by atoms with Crippen molar-refractivity contribution in [3.05, 3.63) is 11.6 Å². The van der Waals surface area contributed by atoms with E-state index in [1.54, 1.807) is 6.08 Å². The van der Waals surface area contributed by atoms with Crippen molar-refractivity contribution in [2.45, 2.75) is 39.6 Å². The Morgan fingerprint density at radius 3 is 2.67 bits per heavy atom. The zero-order valence-electron chi connectivity index (χ0n) is 9.79. The van der Waals surface area contributed by atoms with Crippen LogP contribution in [-0.2, 0) is 14.3 Å². The second kappa shape index (κ2) is 4.77. The first kappa shape index (κ1) is 12.2. The van der Waals surface area contributed by atoms with E-state index in [1.165, 1.54) is 0 Å². The molecule has 1 aliphatic heterocycles.